The number of amides is 2. The summed E-state index contributed by atoms with van der Waals surface area (Å²) in [6, 6.07) is 12.7. The molecule has 0 heterocycles. The Morgan fingerprint density at radius 3 is 2.38 bits per heavy atom. The van der Waals surface area contributed by atoms with Gasteiger partial charge in [-0.05, 0) is 38.1 Å². The molecule has 0 saturated heterocycles. The summed E-state index contributed by atoms with van der Waals surface area (Å²) in [6.07, 6.45) is 0. The molecule has 2 aromatic carbocycles. The van der Waals surface area contributed by atoms with Crippen LogP contribution in [0.15, 0.2) is 48.5 Å². The van der Waals surface area contributed by atoms with Crippen molar-refractivity contribution in [2.75, 3.05) is 23.5 Å². The van der Waals surface area contributed by atoms with Crippen LogP contribution in [0.1, 0.15) is 24.2 Å². The molecule has 2 rings (SSSR count). The summed E-state index contributed by atoms with van der Waals surface area (Å²) < 4.78 is 30.1. The summed E-state index contributed by atoms with van der Waals surface area (Å²) in [5.74, 6) is -2.25. The van der Waals surface area contributed by atoms with Crippen molar-refractivity contribution in [3.63, 3.8) is 0 Å². The third-order valence-corrected chi connectivity index (χ3v) is 6.11. The minimum absolute atomic E-state index is 0.185. The fourth-order valence-electron chi connectivity index (χ4n) is 2.46. The van der Waals surface area contributed by atoms with Gasteiger partial charge in [0, 0.05) is 11.3 Å². The molecule has 0 radical (unpaired) electrons. The summed E-state index contributed by atoms with van der Waals surface area (Å²) in [4.78, 5) is 36.0. The number of ketones is 1. The van der Waals surface area contributed by atoms with Gasteiger partial charge in [0.05, 0.1) is 12.8 Å². The Bertz CT molecular complexity index is 1030. The average molecular weight is 418 g/mol. The number of hydrogen-bond acceptors (Lipinski definition) is 6. The normalized spacial score (nSPS) is 12.0. The number of sulfone groups is 1. The fourth-order valence-corrected chi connectivity index (χ4v) is 3.54. The number of carbonyl (C=O) groups is 3. The van der Waals surface area contributed by atoms with Gasteiger partial charge >= 0.3 is 0 Å². The molecule has 0 saturated carbocycles. The zero-order valence-corrected chi connectivity index (χ0v) is 17.1. The lowest BCUT2D eigenvalue weighted by Gasteiger charge is -2.14. The number of nitrogens with one attached hydrogen (secondary N) is 2. The maximum atomic E-state index is 12.5. The number of hydrogen-bond donors (Lipinski definition) is 2. The van der Waals surface area contributed by atoms with E-state index in [0.717, 1.165) is 0 Å². The van der Waals surface area contributed by atoms with Crippen molar-refractivity contribution in [1.29, 1.82) is 0 Å². The van der Waals surface area contributed by atoms with Gasteiger partial charge in [-0.3, -0.25) is 14.4 Å². The van der Waals surface area contributed by atoms with E-state index in [2.05, 4.69) is 10.6 Å². The first kappa shape index (κ1) is 22.1. The number of para-hydroxylation sites is 2. The van der Waals surface area contributed by atoms with Gasteiger partial charge in [0.1, 0.15) is 16.8 Å². The lowest BCUT2D eigenvalue weighted by Crippen LogP contribution is -2.37. The summed E-state index contributed by atoms with van der Waals surface area (Å²) >= 11 is 0. The van der Waals surface area contributed by atoms with Crippen LogP contribution in [0.5, 0.6) is 5.75 Å². The van der Waals surface area contributed by atoms with Crippen LogP contribution in [0.2, 0.25) is 0 Å². The predicted octanol–water partition coefficient (Wildman–Crippen LogP) is 2.28. The van der Waals surface area contributed by atoms with Crippen molar-refractivity contribution in [1.82, 2.24) is 0 Å². The van der Waals surface area contributed by atoms with Crippen molar-refractivity contribution in [3.8, 4) is 5.75 Å². The number of benzene rings is 2. The van der Waals surface area contributed by atoms with E-state index in [9.17, 15) is 22.8 Å². The Hall–Kier alpha value is -3.20. The second-order valence-electron chi connectivity index (χ2n) is 6.32. The molecule has 0 spiro atoms. The van der Waals surface area contributed by atoms with Crippen molar-refractivity contribution in [3.05, 3.63) is 54.1 Å². The Morgan fingerprint density at radius 1 is 1.03 bits per heavy atom. The lowest BCUT2D eigenvalue weighted by atomic mass is 10.1. The third-order valence-electron chi connectivity index (χ3n) is 4.16. The molecule has 9 heteroatoms. The lowest BCUT2D eigenvalue weighted by molar-refractivity contribution is -0.115. The Balaban J connectivity index is 2.05. The van der Waals surface area contributed by atoms with Gasteiger partial charge in [-0.25, -0.2) is 8.42 Å². The molecule has 0 aliphatic carbocycles. The molecule has 2 aromatic rings. The molecule has 0 fully saturated rings. The highest BCUT2D eigenvalue weighted by molar-refractivity contribution is 7.93. The SMILES string of the molecule is COc1ccccc1NC(=O)CS(=O)(=O)C(C)C(=O)Nc1cccc(C(C)=O)c1. The zero-order valence-electron chi connectivity index (χ0n) is 16.3. The van der Waals surface area contributed by atoms with E-state index in [0.29, 0.717) is 22.7 Å². The highest BCUT2D eigenvalue weighted by atomic mass is 32.2. The quantitative estimate of drug-likeness (QED) is 0.635. The number of methoxy groups -OCH3 is 1. The van der Waals surface area contributed by atoms with Crippen molar-refractivity contribution < 1.29 is 27.5 Å². The molecule has 0 aliphatic rings. The van der Waals surface area contributed by atoms with Crippen LogP contribution in [0.3, 0.4) is 0 Å². The summed E-state index contributed by atoms with van der Waals surface area (Å²) in [5.41, 5.74) is 1.01. The van der Waals surface area contributed by atoms with Crippen molar-refractivity contribution in [2.45, 2.75) is 19.1 Å². The van der Waals surface area contributed by atoms with Crippen LogP contribution in [0.25, 0.3) is 0 Å². The number of carbonyl (C=O) groups excluding carboxylic acids is 3. The van der Waals surface area contributed by atoms with E-state index in [1.165, 1.54) is 33.1 Å². The topological polar surface area (TPSA) is 119 Å². The van der Waals surface area contributed by atoms with Crippen LogP contribution in [0, 0.1) is 0 Å². The minimum Gasteiger partial charge on any atom is -0.495 e. The van der Waals surface area contributed by atoms with E-state index < -0.39 is 32.7 Å². The van der Waals surface area contributed by atoms with Gasteiger partial charge in [0.2, 0.25) is 11.8 Å². The molecule has 0 bridgehead atoms. The van der Waals surface area contributed by atoms with Crippen LogP contribution in [0.4, 0.5) is 11.4 Å². The summed E-state index contributed by atoms with van der Waals surface area (Å²) in [7, 11) is -2.65. The highest BCUT2D eigenvalue weighted by Gasteiger charge is 2.30. The largest absolute Gasteiger partial charge is 0.495 e. The summed E-state index contributed by atoms with van der Waals surface area (Å²) in [5, 5.41) is 3.47. The van der Waals surface area contributed by atoms with Crippen molar-refractivity contribution >= 4 is 38.8 Å². The second-order valence-corrected chi connectivity index (χ2v) is 8.65. The molecular weight excluding hydrogens is 396 g/mol. The number of rotatable bonds is 8. The monoisotopic (exact) mass is 418 g/mol. The zero-order chi connectivity index (χ0) is 21.6. The summed E-state index contributed by atoms with van der Waals surface area (Å²) in [6.45, 7) is 2.59. The van der Waals surface area contributed by atoms with Gasteiger partial charge < -0.3 is 15.4 Å². The second kappa shape index (κ2) is 9.33. The Kier molecular flexibility index (Phi) is 7.11. The van der Waals surface area contributed by atoms with Crippen LogP contribution >= 0.6 is 0 Å². The van der Waals surface area contributed by atoms with E-state index in [1.807, 2.05) is 0 Å². The molecule has 2 amide bonds. The van der Waals surface area contributed by atoms with Gasteiger partial charge in [-0.2, -0.15) is 0 Å². The first-order valence-corrected chi connectivity index (χ1v) is 10.4. The van der Waals surface area contributed by atoms with E-state index in [4.69, 9.17) is 4.74 Å². The maximum Gasteiger partial charge on any atom is 0.242 e. The van der Waals surface area contributed by atoms with E-state index in [1.54, 1.807) is 36.4 Å². The third kappa shape index (κ3) is 5.89. The number of anilines is 2. The van der Waals surface area contributed by atoms with Crippen LogP contribution in [-0.4, -0.2) is 44.1 Å². The molecule has 1 unspecified atom stereocenters. The van der Waals surface area contributed by atoms with Gasteiger partial charge in [0.25, 0.3) is 0 Å². The molecule has 0 aliphatic heterocycles. The maximum absolute atomic E-state index is 12.5. The first-order chi connectivity index (χ1) is 13.6. The smallest absolute Gasteiger partial charge is 0.242 e. The average Bonchev–Trinajstić information content (AvgIpc) is 2.67. The highest BCUT2D eigenvalue weighted by Crippen LogP contribution is 2.23. The molecule has 154 valence electrons. The fraction of sp³-hybridized carbons (Fsp3) is 0.250. The molecular formula is C20H22N2O6S. The standard InChI is InChI=1S/C20H22N2O6S/c1-13(23)15-7-6-8-16(11-15)21-20(25)14(2)29(26,27)12-19(24)22-17-9-4-5-10-18(17)28-3/h4-11,14H,12H2,1-3H3,(H,21,25)(H,22,24). The molecule has 29 heavy (non-hydrogen) atoms. The first-order valence-electron chi connectivity index (χ1n) is 8.70. The van der Waals surface area contributed by atoms with Crippen molar-refractivity contribution in [2.24, 2.45) is 0 Å². The van der Waals surface area contributed by atoms with Gasteiger partial charge in [-0.1, -0.05) is 24.3 Å². The molecule has 2 N–H and O–H groups in total. The van der Waals surface area contributed by atoms with E-state index in [-0.39, 0.29) is 5.78 Å². The molecule has 0 aromatic heterocycles. The number of ether oxygens (including phenoxy) is 1. The predicted molar refractivity (Wildman–Crippen MR) is 110 cm³/mol. The van der Waals surface area contributed by atoms with E-state index >= 15 is 0 Å². The molecule has 1 atom stereocenters. The van der Waals surface area contributed by atoms with Gasteiger partial charge in [-0.15, -0.1) is 0 Å². The minimum atomic E-state index is -4.08. The molecule has 8 nitrogen and oxygen atoms in total. The number of Topliss-reactive ketones (excluding diaryl/α,β-unsaturated/α-hetero) is 1. The van der Waals surface area contributed by atoms with Gasteiger partial charge in [0.15, 0.2) is 15.6 Å². The Morgan fingerprint density at radius 2 is 1.72 bits per heavy atom. The Labute approximate surface area is 169 Å². The van der Waals surface area contributed by atoms with Crippen LogP contribution in [-0.2, 0) is 19.4 Å². The van der Waals surface area contributed by atoms with Crippen LogP contribution < -0.4 is 15.4 Å².